The van der Waals surface area contributed by atoms with E-state index < -0.39 is 17.2 Å². The number of nitrogens with zero attached hydrogens (tertiary/aromatic N) is 4. The lowest BCUT2D eigenvalue weighted by Gasteiger charge is -2.45. The van der Waals surface area contributed by atoms with Gasteiger partial charge in [-0.1, -0.05) is 28.9 Å². The van der Waals surface area contributed by atoms with Crippen molar-refractivity contribution in [1.29, 1.82) is 15.8 Å². The van der Waals surface area contributed by atoms with E-state index in [9.17, 15) is 20.2 Å². The van der Waals surface area contributed by atoms with Crippen molar-refractivity contribution in [3.8, 4) is 18.2 Å². The molecular weight excluding hydrogens is 409 g/mol. The van der Waals surface area contributed by atoms with Crippen LogP contribution < -0.4 is 5.73 Å². The van der Waals surface area contributed by atoms with Gasteiger partial charge in [-0.25, -0.2) is 4.39 Å². The Balaban J connectivity index is 2.34. The quantitative estimate of drug-likeness (QED) is 0.732. The molecule has 27 heavy (non-hydrogen) atoms. The molecule has 0 radical (unpaired) electrons. The van der Waals surface area contributed by atoms with E-state index in [1.165, 1.54) is 6.07 Å². The van der Waals surface area contributed by atoms with Crippen LogP contribution in [0.2, 0.25) is 0 Å². The fourth-order valence-corrected chi connectivity index (χ4v) is 4.44. The topological polar surface area (TPSA) is 101 Å². The number of allylic oxidation sites excluding steroid dienone is 2. The molecule has 7 heteroatoms. The second kappa shape index (κ2) is 7.16. The van der Waals surface area contributed by atoms with Gasteiger partial charge in [-0.15, -0.1) is 0 Å². The standard InChI is InChI=1S/C20H17BrFN5/c1-2-27-6-5-16-15(9-27)18(13-7-12(21)3-4-17(13)22)14(8-23)19(26)20(16,10-24)11-25/h3-5,7,15,18H,2,6,9,26H2,1H3/t15-,18+/m0/s1. The van der Waals surface area contributed by atoms with Crippen molar-refractivity contribution in [2.75, 3.05) is 19.6 Å². The molecular formula is C20H17BrFN5. The van der Waals surface area contributed by atoms with Crippen molar-refractivity contribution in [2.45, 2.75) is 12.8 Å². The summed E-state index contributed by atoms with van der Waals surface area (Å²) >= 11 is 3.36. The van der Waals surface area contributed by atoms with Gasteiger partial charge in [0.2, 0.25) is 5.41 Å². The molecule has 1 aromatic carbocycles. The first-order valence-electron chi connectivity index (χ1n) is 8.54. The molecule has 1 aromatic rings. The maximum Gasteiger partial charge on any atom is 0.204 e. The Bertz CT molecular complexity index is 962. The van der Waals surface area contributed by atoms with Gasteiger partial charge in [0.05, 0.1) is 29.5 Å². The van der Waals surface area contributed by atoms with Crippen molar-refractivity contribution < 1.29 is 4.39 Å². The van der Waals surface area contributed by atoms with Crippen LogP contribution in [0.5, 0.6) is 0 Å². The highest BCUT2D eigenvalue weighted by atomic mass is 79.9. The Labute approximate surface area is 165 Å². The summed E-state index contributed by atoms with van der Waals surface area (Å²) in [6, 6.07) is 10.7. The highest BCUT2D eigenvalue weighted by molar-refractivity contribution is 9.10. The normalized spacial score (nSPS) is 24.2. The predicted octanol–water partition coefficient (Wildman–Crippen LogP) is 3.33. The third-order valence-electron chi connectivity index (χ3n) is 5.46. The third kappa shape index (κ3) is 2.82. The van der Waals surface area contributed by atoms with E-state index in [1.807, 2.05) is 25.1 Å². The first-order chi connectivity index (χ1) is 12.9. The van der Waals surface area contributed by atoms with Gasteiger partial charge in [-0.05, 0) is 35.9 Å². The average molecular weight is 426 g/mol. The fourth-order valence-electron chi connectivity index (χ4n) is 4.06. The summed E-state index contributed by atoms with van der Waals surface area (Å²) in [5.41, 5.74) is 5.42. The van der Waals surface area contributed by atoms with Crippen LogP contribution in [0, 0.1) is 51.1 Å². The number of likely N-dealkylation sites (N-methyl/N-ethyl adjacent to an activating group) is 1. The van der Waals surface area contributed by atoms with E-state index in [1.54, 1.807) is 12.1 Å². The van der Waals surface area contributed by atoms with Crippen molar-refractivity contribution in [3.05, 3.63) is 57.0 Å². The lowest BCUT2D eigenvalue weighted by molar-refractivity contribution is 0.233. The molecule has 2 aliphatic rings. The van der Waals surface area contributed by atoms with Crippen LogP contribution in [0.1, 0.15) is 18.4 Å². The first kappa shape index (κ1) is 19.1. The highest BCUT2D eigenvalue weighted by Crippen LogP contribution is 2.53. The van der Waals surface area contributed by atoms with Gasteiger partial charge in [0.15, 0.2) is 0 Å². The number of nitriles is 3. The number of hydrogen-bond acceptors (Lipinski definition) is 5. The predicted molar refractivity (Wildman–Crippen MR) is 101 cm³/mol. The Hall–Kier alpha value is -2.66. The van der Waals surface area contributed by atoms with Crippen LogP contribution >= 0.6 is 15.9 Å². The van der Waals surface area contributed by atoms with Crippen LogP contribution in [0.25, 0.3) is 0 Å². The maximum absolute atomic E-state index is 14.7. The minimum atomic E-state index is -1.69. The summed E-state index contributed by atoms with van der Waals surface area (Å²) in [7, 11) is 0. The Kier molecular flexibility index (Phi) is 5.07. The molecule has 0 aromatic heterocycles. The number of rotatable bonds is 2. The number of benzene rings is 1. The molecule has 0 saturated heterocycles. The van der Waals surface area contributed by atoms with Crippen molar-refractivity contribution in [2.24, 2.45) is 17.1 Å². The minimum absolute atomic E-state index is 0.0909. The molecule has 2 atom stereocenters. The molecule has 0 bridgehead atoms. The summed E-state index contributed by atoms with van der Waals surface area (Å²) < 4.78 is 15.4. The molecule has 0 unspecified atom stereocenters. The van der Waals surface area contributed by atoms with Gasteiger partial charge in [0.1, 0.15) is 5.82 Å². The molecule has 0 fully saturated rings. The third-order valence-corrected chi connectivity index (χ3v) is 5.95. The molecule has 3 rings (SSSR count). The fraction of sp³-hybridized carbons (Fsp3) is 0.350. The van der Waals surface area contributed by atoms with E-state index in [0.717, 1.165) is 6.54 Å². The Morgan fingerprint density at radius 1 is 1.33 bits per heavy atom. The van der Waals surface area contributed by atoms with Gasteiger partial charge in [-0.2, -0.15) is 15.8 Å². The summed E-state index contributed by atoms with van der Waals surface area (Å²) in [6.45, 7) is 3.87. The van der Waals surface area contributed by atoms with E-state index in [-0.39, 0.29) is 17.2 Å². The van der Waals surface area contributed by atoms with Crippen LogP contribution in [0.4, 0.5) is 4.39 Å². The molecule has 1 aliphatic heterocycles. The van der Waals surface area contributed by atoms with Crippen LogP contribution in [-0.4, -0.2) is 24.5 Å². The largest absolute Gasteiger partial charge is 0.399 e. The van der Waals surface area contributed by atoms with Gasteiger partial charge in [0, 0.05) is 29.4 Å². The van der Waals surface area contributed by atoms with Gasteiger partial charge in [0.25, 0.3) is 0 Å². The van der Waals surface area contributed by atoms with Crippen molar-refractivity contribution >= 4 is 15.9 Å². The highest BCUT2D eigenvalue weighted by Gasteiger charge is 2.52. The molecule has 1 heterocycles. The number of halogens is 2. The SMILES string of the molecule is CCN1CC=C2[C@H](C1)[C@H](c1cc(Br)ccc1F)C(C#N)=C(N)C2(C#N)C#N. The van der Waals surface area contributed by atoms with Crippen LogP contribution in [0.3, 0.4) is 0 Å². The van der Waals surface area contributed by atoms with E-state index in [4.69, 9.17) is 5.73 Å². The van der Waals surface area contributed by atoms with E-state index in [0.29, 0.717) is 28.7 Å². The number of nitrogens with two attached hydrogens (primary N) is 1. The Morgan fingerprint density at radius 3 is 2.63 bits per heavy atom. The molecule has 5 nitrogen and oxygen atoms in total. The second-order valence-corrected chi connectivity index (χ2v) is 7.59. The first-order valence-corrected chi connectivity index (χ1v) is 9.33. The smallest absolute Gasteiger partial charge is 0.204 e. The summed E-state index contributed by atoms with van der Waals surface area (Å²) in [4.78, 5) is 2.13. The number of fused-ring (bicyclic) bond motifs is 1. The average Bonchev–Trinajstić information content (AvgIpc) is 2.69. The van der Waals surface area contributed by atoms with Gasteiger partial charge in [-0.3, -0.25) is 4.90 Å². The monoisotopic (exact) mass is 425 g/mol. The molecule has 0 saturated carbocycles. The Morgan fingerprint density at radius 2 is 2.04 bits per heavy atom. The molecule has 136 valence electrons. The maximum atomic E-state index is 14.7. The molecule has 2 N–H and O–H groups in total. The summed E-state index contributed by atoms with van der Waals surface area (Å²) in [5.74, 6) is -1.48. The van der Waals surface area contributed by atoms with Crippen LogP contribution in [-0.2, 0) is 0 Å². The van der Waals surface area contributed by atoms with Crippen LogP contribution in [0.15, 0.2) is 45.6 Å². The summed E-state index contributed by atoms with van der Waals surface area (Å²) in [6.07, 6.45) is 1.84. The second-order valence-electron chi connectivity index (χ2n) is 6.67. The van der Waals surface area contributed by atoms with E-state index in [2.05, 4.69) is 26.9 Å². The number of hydrogen-bond donors (Lipinski definition) is 1. The zero-order valence-corrected chi connectivity index (χ0v) is 16.3. The van der Waals surface area contributed by atoms with Gasteiger partial charge >= 0.3 is 0 Å². The molecule has 0 spiro atoms. The minimum Gasteiger partial charge on any atom is -0.399 e. The zero-order valence-electron chi connectivity index (χ0n) is 14.7. The molecule has 1 aliphatic carbocycles. The summed E-state index contributed by atoms with van der Waals surface area (Å²) in [5, 5.41) is 29.4. The zero-order chi connectivity index (χ0) is 19.8. The lowest BCUT2D eigenvalue weighted by atomic mass is 9.60. The van der Waals surface area contributed by atoms with E-state index >= 15 is 0 Å². The van der Waals surface area contributed by atoms with Crippen molar-refractivity contribution in [3.63, 3.8) is 0 Å². The van der Waals surface area contributed by atoms with Gasteiger partial charge < -0.3 is 5.73 Å². The molecule has 0 amide bonds. The lowest BCUT2D eigenvalue weighted by Crippen LogP contribution is -2.47. The van der Waals surface area contributed by atoms with Crippen molar-refractivity contribution in [1.82, 2.24) is 4.90 Å².